The second-order valence-electron chi connectivity index (χ2n) is 4.06. The van der Waals surface area contributed by atoms with Crippen molar-refractivity contribution in [3.8, 4) is 11.5 Å². The number of carbonyl (C=O) groups excluding carboxylic acids is 2. The van der Waals surface area contributed by atoms with Gasteiger partial charge in [0.2, 0.25) is 0 Å². The van der Waals surface area contributed by atoms with Crippen LogP contribution in [0.1, 0.15) is 59.9 Å². The molecule has 0 fully saturated rings. The highest BCUT2D eigenvalue weighted by Gasteiger charge is 2.23. The molecule has 0 aliphatic rings. The van der Waals surface area contributed by atoms with Gasteiger partial charge in [0.05, 0.1) is 5.56 Å². The Bertz CT molecular complexity index is 489. The predicted octanol–water partition coefficient (Wildman–Crippen LogP) is 2.85. The molecule has 18 heavy (non-hydrogen) atoms. The molecule has 1 rings (SSSR count). The minimum atomic E-state index is -0.400. The Labute approximate surface area is 106 Å². The Kier molecular flexibility index (Phi) is 4.48. The second kappa shape index (κ2) is 5.67. The van der Waals surface area contributed by atoms with Crippen molar-refractivity contribution in [1.82, 2.24) is 0 Å². The van der Waals surface area contributed by atoms with E-state index in [1.807, 2.05) is 6.92 Å². The minimum Gasteiger partial charge on any atom is -0.507 e. The number of ketones is 2. The van der Waals surface area contributed by atoms with Crippen LogP contribution in [0.25, 0.3) is 0 Å². The first kappa shape index (κ1) is 14.2. The summed E-state index contributed by atoms with van der Waals surface area (Å²) in [5.41, 5.74) is 0.485. The Morgan fingerprint density at radius 2 is 1.56 bits per heavy atom. The predicted molar refractivity (Wildman–Crippen MR) is 68.4 cm³/mol. The van der Waals surface area contributed by atoms with Gasteiger partial charge in [-0.2, -0.15) is 0 Å². The Hall–Kier alpha value is -1.84. The lowest BCUT2D eigenvalue weighted by atomic mass is 9.94. The van der Waals surface area contributed by atoms with Crippen LogP contribution in [0, 0.1) is 0 Å². The molecule has 98 valence electrons. The summed E-state index contributed by atoms with van der Waals surface area (Å²) < 4.78 is 0. The van der Waals surface area contributed by atoms with E-state index in [-0.39, 0.29) is 41.3 Å². The van der Waals surface area contributed by atoms with Crippen molar-refractivity contribution in [2.75, 3.05) is 0 Å². The zero-order chi connectivity index (χ0) is 13.9. The summed E-state index contributed by atoms with van der Waals surface area (Å²) in [6, 6.07) is 1.46. The van der Waals surface area contributed by atoms with Gasteiger partial charge in [-0.15, -0.1) is 0 Å². The topological polar surface area (TPSA) is 74.6 Å². The Morgan fingerprint density at radius 3 is 2.00 bits per heavy atom. The summed E-state index contributed by atoms with van der Waals surface area (Å²) in [7, 11) is 0. The normalized spacial score (nSPS) is 10.4. The molecule has 0 unspecified atom stereocenters. The van der Waals surface area contributed by atoms with Gasteiger partial charge < -0.3 is 10.2 Å². The first-order valence-corrected chi connectivity index (χ1v) is 6.11. The first-order chi connectivity index (χ1) is 8.47. The highest BCUT2D eigenvalue weighted by molar-refractivity contribution is 6.07. The first-order valence-electron chi connectivity index (χ1n) is 6.11. The largest absolute Gasteiger partial charge is 0.507 e. The van der Waals surface area contributed by atoms with E-state index in [1.165, 1.54) is 6.07 Å². The lowest BCUT2D eigenvalue weighted by Crippen LogP contribution is -2.06. The van der Waals surface area contributed by atoms with Crippen LogP contribution >= 0.6 is 0 Å². The average Bonchev–Trinajstić information content (AvgIpc) is 2.38. The van der Waals surface area contributed by atoms with Crippen molar-refractivity contribution < 1.29 is 19.8 Å². The summed E-state index contributed by atoms with van der Waals surface area (Å²) in [5.74, 6) is -1.23. The molecule has 0 bridgehead atoms. The summed E-state index contributed by atoms with van der Waals surface area (Å²) in [4.78, 5) is 23.5. The van der Waals surface area contributed by atoms with Gasteiger partial charge in [-0.1, -0.05) is 20.8 Å². The van der Waals surface area contributed by atoms with Crippen LogP contribution in [0.4, 0.5) is 0 Å². The quantitative estimate of drug-likeness (QED) is 0.788. The number of carbonyl (C=O) groups is 2. The maximum absolute atomic E-state index is 11.8. The fourth-order valence-corrected chi connectivity index (χ4v) is 1.83. The summed E-state index contributed by atoms with van der Waals surface area (Å²) >= 11 is 0. The molecule has 0 radical (unpaired) electrons. The molecule has 0 amide bonds. The Morgan fingerprint density at radius 1 is 1.00 bits per heavy atom. The number of hydrogen-bond donors (Lipinski definition) is 2. The molecular formula is C14H18O4. The molecule has 4 heteroatoms. The lowest BCUT2D eigenvalue weighted by molar-refractivity contribution is 0.0981. The van der Waals surface area contributed by atoms with Crippen molar-refractivity contribution in [3.05, 3.63) is 22.8 Å². The third-order valence-corrected chi connectivity index (χ3v) is 2.95. The molecule has 1 aromatic carbocycles. The standard InChI is InChI=1S/C14H18O4/c1-4-8-7-9(10(15)5-2)14(18)12(13(8)17)11(16)6-3/h7,17-18H,4-6H2,1-3H3. The van der Waals surface area contributed by atoms with E-state index >= 15 is 0 Å². The van der Waals surface area contributed by atoms with E-state index in [4.69, 9.17) is 0 Å². The number of Topliss-reactive ketones (excluding diaryl/α,β-unsaturated/α-hetero) is 2. The third-order valence-electron chi connectivity index (χ3n) is 2.95. The monoisotopic (exact) mass is 250 g/mol. The second-order valence-corrected chi connectivity index (χ2v) is 4.06. The zero-order valence-electron chi connectivity index (χ0n) is 10.9. The zero-order valence-corrected chi connectivity index (χ0v) is 10.9. The van der Waals surface area contributed by atoms with Crippen LogP contribution in [0.2, 0.25) is 0 Å². The minimum absolute atomic E-state index is 0.115. The van der Waals surface area contributed by atoms with Gasteiger partial charge in [0, 0.05) is 12.8 Å². The van der Waals surface area contributed by atoms with Gasteiger partial charge >= 0.3 is 0 Å². The van der Waals surface area contributed by atoms with E-state index < -0.39 is 5.75 Å². The van der Waals surface area contributed by atoms with E-state index in [9.17, 15) is 19.8 Å². The number of benzene rings is 1. The number of rotatable bonds is 5. The molecule has 0 spiro atoms. The number of aryl methyl sites for hydroxylation is 1. The van der Waals surface area contributed by atoms with Gasteiger partial charge in [0.1, 0.15) is 17.1 Å². The van der Waals surface area contributed by atoms with Gasteiger partial charge in [-0.3, -0.25) is 9.59 Å². The molecule has 4 nitrogen and oxygen atoms in total. The molecule has 0 heterocycles. The van der Waals surface area contributed by atoms with Crippen molar-refractivity contribution in [2.24, 2.45) is 0 Å². The fraction of sp³-hybridized carbons (Fsp3) is 0.429. The Balaban J connectivity index is 3.58. The lowest BCUT2D eigenvalue weighted by Gasteiger charge is -2.13. The summed E-state index contributed by atoms with van der Waals surface area (Å²) in [5, 5.41) is 19.9. The molecule has 0 saturated carbocycles. The molecule has 0 saturated heterocycles. The molecule has 0 atom stereocenters. The van der Waals surface area contributed by atoms with Crippen LogP contribution in [-0.2, 0) is 6.42 Å². The van der Waals surface area contributed by atoms with Crippen LogP contribution in [0.15, 0.2) is 6.07 Å². The van der Waals surface area contributed by atoms with Crippen molar-refractivity contribution in [2.45, 2.75) is 40.0 Å². The van der Waals surface area contributed by atoms with Crippen LogP contribution < -0.4 is 0 Å². The maximum atomic E-state index is 11.8. The van der Waals surface area contributed by atoms with Crippen LogP contribution in [0.3, 0.4) is 0 Å². The van der Waals surface area contributed by atoms with Crippen LogP contribution in [0.5, 0.6) is 11.5 Å². The van der Waals surface area contributed by atoms with E-state index in [0.29, 0.717) is 12.0 Å². The van der Waals surface area contributed by atoms with E-state index in [2.05, 4.69) is 0 Å². The fourth-order valence-electron chi connectivity index (χ4n) is 1.83. The highest BCUT2D eigenvalue weighted by atomic mass is 16.3. The van der Waals surface area contributed by atoms with E-state index in [1.54, 1.807) is 13.8 Å². The molecular weight excluding hydrogens is 232 g/mol. The van der Waals surface area contributed by atoms with Gasteiger partial charge in [0.25, 0.3) is 0 Å². The van der Waals surface area contributed by atoms with Gasteiger partial charge in [0.15, 0.2) is 11.6 Å². The van der Waals surface area contributed by atoms with Crippen molar-refractivity contribution in [1.29, 1.82) is 0 Å². The number of phenols is 2. The summed E-state index contributed by atoms with van der Waals surface area (Å²) in [6.45, 7) is 5.13. The third kappa shape index (κ3) is 2.37. The smallest absolute Gasteiger partial charge is 0.170 e. The molecule has 0 aromatic heterocycles. The van der Waals surface area contributed by atoms with E-state index in [0.717, 1.165) is 0 Å². The average molecular weight is 250 g/mol. The van der Waals surface area contributed by atoms with Gasteiger partial charge in [-0.25, -0.2) is 0 Å². The number of phenolic OH excluding ortho intramolecular Hbond substituents is 2. The molecule has 0 aliphatic carbocycles. The molecule has 0 aliphatic heterocycles. The maximum Gasteiger partial charge on any atom is 0.170 e. The van der Waals surface area contributed by atoms with Crippen molar-refractivity contribution in [3.63, 3.8) is 0 Å². The number of aromatic hydroxyl groups is 2. The summed E-state index contributed by atoms with van der Waals surface area (Å²) in [6.07, 6.45) is 0.884. The SMILES string of the molecule is CCC(=O)c1cc(CC)c(O)c(C(=O)CC)c1O. The highest BCUT2D eigenvalue weighted by Crippen LogP contribution is 2.36. The van der Waals surface area contributed by atoms with Crippen molar-refractivity contribution >= 4 is 11.6 Å². The molecule has 1 aromatic rings. The van der Waals surface area contributed by atoms with Gasteiger partial charge in [-0.05, 0) is 18.1 Å². The molecule has 2 N–H and O–H groups in total. The van der Waals surface area contributed by atoms with Crippen LogP contribution in [-0.4, -0.2) is 21.8 Å². The number of hydrogen-bond acceptors (Lipinski definition) is 4.